The number of sulfonamides is 1. The van der Waals surface area contributed by atoms with E-state index >= 15 is 0 Å². The van der Waals surface area contributed by atoms with Crippen LogP contribution in [0.1, 0.15) is 47.1 Å². The first-order valence-electron chi connectivity index (χ1n) is 7.84. The quantitative estimate of drug-likeness (QED) is 0.779. The molecule has 1 aromatic heterocycles. The molecule has 0 spiro atoms. The molecule has 1 heterocycles. The molecule has 0 radical (unpaired) electrons. The molecule has 2 aromatic rings. The monoisotopic (exact) mass is 381 g/mol. The normalized spacial score (nSPS) is 12.2. The number of thiophene rings is 1. The van der Waals surface area contributed by atoms with Gasteiger partial charge in [0.05, 0.1) is 12.9 Å². The summed E-state index contributed by atoms with van der Waals surface area (Å²) in [6.45, 7) is 5.44. The summed E-state index contributed by atoms with van der Waals surface area (Å²) in [5.41, 5.74) is 2.14. The van der Waals surface area contributed by atoms with E-state index in [1.54, 1.807) is 12.1 Å². The summed E-state index contributed by atoms with van der Waals surface area (Å²) in [6, 6.07) is 9.30. The van der Waals surface area contributed by atoms with Gasteiger partial charge >= 0.3 is 5.97 Å². The number of rotatable bonds is 6. The standard InChI is InChI=1S/C18H23NO4S2/c1-18(2,3)19-25(21,22)12-14-7-5-13(6-8-14)11-15-9-10-24-16(15)17(20)23-4/h5-10,19H,11-12H2,1-4H3. The third-order valence-electron chi connectivity index (χ3n) is 3.35. The van der Waals surface area contributed by atoms with Crippen molar-refractivity contribution in [3.05, 3.63) is 57.3 Å². The maximum Gasteiger partial charge on any atom is 0.348 e. The SMILES string of the molecule is COC(=O)c1sccc1Cc1ccc(CS(=O)(=O)NC(C)(C)C)cc1. The number of hydrogen-bond donors (Lipinski definition) is 1. The molecule has 0 fully saturated rings. The lowest BCUT2D eigenvalue weighted by atomic mass is 10.0. The molecule has 0 saturated heterocycles. The third-order valence-corrected chi connectivity index (χ3v) is 5.93. The molecule has 0 aliphatic rings. The minimum Gasteiger partial charge on any atom is -0.465 e. The summed E-state index contributed by atoms with van der Waals surface area (Å²) in [5.74, 6) is -0.392. The van der Waals surface area contributed by atoms with Crippen molar-refractivity contribution in [3.63, 3.8) is 0 Å². The van der Waals surface area contributed by atoms with Crippen molar-refractivity contribution in [1.29, 1.82) is 0 Å². The zero-order valence-electron chi connectivity index (χ0n) is 14.8. The van der Waals surface area contributed by atoms with Gasteiger partial charge in [0.1, 0.15) is 4.88 Å². The lowest BCUT2D eigenvalue weighted by Crippen LogP contribution is -2.41. The molecular weight excluding hydrogens is 358 g/mol. The van der Waals surface area contributed by atoms with Gasteiger partial charge in [0.15, 0.2) is 0 Å². The summed E-state index contributed by atoms with van der Waals surface area (Å²) in [7, 11) is -2.02. The van der Waals surface area contributed by atoms with Gasteiger partial charge in [0.25, 0.3) is 0 Å². The van der Waals surface area contributed by atoms with Crippen LogP contribution in [-0.2, 0) is 26.9 Å². The molecule has 25 heavy (non-hydrogen) atoms. The van der Waals surface area contributed by atoms with Crippen molar-refractivity contribution >= 4 is 27.3 Å². The van der Waals surface area contributed by atoms with E-state index in [-0.39, 0.29) is 11.7 Å². The van der Waals surface area contributed by atoms with Crippen molar-refractivity contribution < 1.29 is 17.9 Å². The first-order valence-corrected chi connectivity index (χ1v) is 10.4. The highest BCUT2D eigenvalue weighted by Gasteiger charge is 2.20. The zero-order chi connectivity index (χ0) is 18.7. The Morgan fingerprint density at radius 3 is 2.28 bits per heavy atom. The Morgan fingerprint density at radius 1 is 1.12 bits per heavy atom. The first kappa shape index (κ1) is 19.6. The van der Waals surface area contributed by atoms with E-state index in [1.165, 1.54) is 18.4 Å². The Balaban J connectivity index is 2.08. The summed E-state index contributed by atoms with van der Waals surface area (Å²) >= 11 is 1.36. The average Bonchev–Trinajstić information content (AvgIpc) is 2.93. The van der Waals surface area contributed by atoms with Crippen LogP contribution < -0.4 is 4.72 Å². The van der Waals surface area contributed by atoms with E-state index in [1.807, 2.05) is 44.4 Å². The predicted octanol–water partition coefficient (Wildman–Crippen LogP) is 3.34. The largest absolute Gasteiger partial charge is 0.465 e. The molecule has 1 aromatic carbocycles. The van der Waals surface area contributed by atoms with E-state index in [2.05, 4.69) is 4.72 Å². The van der Waals surface area contributed by atoms with E-state index in [0.29, 0.717) is 11.3 Å². The van der Waals surface area contributed by atoms with E-state index in [0.717, 1.165) is 16.7 Å². The number of nitrogens with one attached hydrogen (secondary N) is 1. The van der Waals surface area contributed by atoms with Gasteiger partial charge in [0.2, 0.25) is 10.0 Å². The number of esters is 1. The highest BCUT2D eigenvalue weighted by atomic mass is 32.2. The van der Waals surface area contributed by atoms with Gasteiger partial charge in [-0.1, -0.05) is 24.3 Å². The van der Waals surface area contributed by atoms with Gasteiger partial charge in [-0.3, -0.25) is 0 Å². The molecule has 0 saturated carbocycles. The van der Waals surface area contributed by atoms with Crippen LogP contribution in [0.3, 0.4) is 0 Å². The smallest absolute Gasteiger partial charge is 0.348 e. The second kappa shape index (κ2) is 7.68. The minimum absolute atomic E-state index is 0.0591. The Morgan fingerprint density at radius 2 is 1.72 bits per heavy atom. The first-order chi connectivity index (χ1) is 11.6. The molecule has 0 aliphatic carbocycles. The summed E-state index contributed by atoms with van der Waals surface area (Å²) < 4.78 is 31.7. The number of benzene rings is 1. The summed E-state index contributed by atoms with van der Waals surface area (Å²) in [4.78, 5) is 12.3. The predicted molar refractivity (Wildman–Crippen MR) is 100 cm³/mol. The van der Waals surface area contributed by atoms with E-state index in [4.69, 9.17) is 4.74 Å². The van der Waals surface area contributed by atoms with Gasteiger partial charge < -0.3 is 4.74 Å². The number of carbonyl (C=O) groups is 1. The fourth-order valence-electron chi connectivity index (χ4n) is 2.44. The Hall–Kier alpha value is -1.70. The molecule has 0 amide bonds. The van der Waals surface area contributed by atoms with Crippen LogP contribution in [0.4, 0.5) is 0 Å². The molecule has 1 N–H and O–H groups in total. The molecule has 136 valence electrons. The van der Waals surface area contributed by atoms with Crippen LogP contribution in [-0.4, -0.2) is 27.0 Å². The van der Waals surface area contributed by atoms with Crippen molar-refractivity contribution in [3.8, 4) is 0 Å². The van der Waals surface area contributed by atoms with Crippen molar-refractivity contribution in [1.82, 2.24) is 4.72 Å². The fourth-order valence-corrected chi connectivity index (χ4v) is 4.92. The van der Waals surface area contributed by atoms with Crippen LogP contribution in [0.5, 0.6) is 0 Å². The zero-order valence-corrected chi connectivity index (χ0v) is 16.5. The average molecular weight is 382 g/mol. The van der Waals surface area contributed by atoms with Crippen LogP contribution in [0.15, 0.2) is 35.7 Å². The van der Waals surface area contributed by atoms with Crippen LogP contribution in [0, 0.1) is 0 Å². The van der Waals surface area contributed by atoms with Crippen molar-refractivity contribution in [2.75, 3.05) is 7.11 Å². The second-order valence-electron chi connectivity index (χ2n) is 6.87. The Bertz CT molecular complexity index is 831. The van der Waals surface area contributed by atoms with Crippen LogP contribution in [0.25, 0.3) is 0 Å². The maximum absolute atomic E-state index is 12.1. The highest BCUT2D eigenvalue weighted by Crippen LogP contribution is 2.21. The van der Waals surface area contributed by atoms with Crippen LogP contribution >= 0.6 is 11.3 Å². The summed E-state index contributed by atoms with van der Waals surface area (Å²) in [6.07, 6.45) is 0.598. The van der Waals surface area contributed by atoms with Gasteiger partial charge in [-0.25, -0.2) is 17.9 Å². The van der Waals surface area contributed by atoms with Gasteiger partial charge in [0, 0.05) is 5.54 Å². The number of hydrogen-bond acceptors (Lipinski definition) is 5. The van der Waals surface area contributed by atoms with E-state index < -0.39 is 15.6 Å². The molecule has 0 atom stereocenters. The molecule has 2 rings (SSSR count). The van der Waals surface area contributed by atoms with Crippen molar-refractivity contribution in [2.45, 2.75) is 38.5 Å². The molecule has 0 aliphatic heterocycles. The highest BCUT2D eigenvalue weighted by molar-refractivity contribution is 7.88. The molecule has 5 nitrogen and oxygen atoms in total. The number of methoxy groups -OCH3 is 1. The molecule has 0 bridgehead atoms. The van der Waals surface area contributed by atoms with Gasteiger partial charge in [-0.05, 0) is 55.3 Å². The minimum atomic E-state index is -3.39. The van der Waals surface area contributed by atoms with E-state index in [9.17, 15) is 13.2 Å². The van der Waals surface area contributed by atoms with Crippen molar-refractivity contribution in [2.24, 2.45) is 0 Å². The lowest BCUT2D eigenvalue weighted by molar-refractivity contribution is 0.0605. The summed E-state index contributed by atoms with van der Waals surface area (Å²) in [5, 5.41) is 1.86. The molecule has 7 heteroatoms. The number of carbonyl (C=O) groups excluding carboxylic acids is 1. The topological polar surface area (TPSA) is 72.5 Å². The Kier molecular flexibility index (Phi) is 6.03. The lowest BCUT2D eigenvalue weighted by Gasteiger charge is -2.20. The third kappa shape index (κ3) is 5.95. The molecular formula is C18H23NO4S2. The van der Waals surface area contributed by atoms with Gasteiger partial charge in [-0.2, -0.15) is 0 Å². The van der Waals surface area contributed by atoms with Gasteiger partial charge in [-0.15, -0.1) is 11.3 Å². The maximum atomic E-state index is 12.1. The number of ether oxygens (including phenoxy) is 1. The fraction of sp³-hybridized carbons (Fsp3) is 0.389. The molecule has 0 unspecified atom stereocenters. The Labute approximate surface area is 153 Å². The second-order valence-corrected chi connectivity index (χ2v) is 9.51. The van der Waals surface area contributed by atoms with Crippen LogP contribution in [0.2, 0.25) is 0 Å².